The zero-order valence-electron chi connectivity index (χ0n) is 22.2. The first-order valence-corrected chi connectivity index (χ1v) is 13.7. The van der Waals surface area contributed by atoms with Crippen LogP contribution < -0.4 is 15.5 Å². The molecule has 3 heterocycles. The zero-order valence-corrected chi connectivity index (χ0v) is 22.2. The standard InChI is InChI=1S/C31H33N3O5/c1-19(35)20-10-9-15-23(18-20)34-26(28(37)33-22-13-7-4-8-14-22)31-17-16-30(2,39-31)24(25(31)29(34)38)27(36)32-21-11-5-3-6-12-21/h3,5-6,9-12,15-18,22,24-26H,4,7-8,13-14H2,1-2H3,(H,32,36)(H,33,37)/t24-,25+,26-,30+,31-/m0/s1. The van der Waals surface area contributed by atoms with Crippen molar-refractivity contribution in [3.8, 4) is 0 Å². The average Bonchev–Trinajstić information content (AvgIpc) is 3.50. The maximum Gasteiger partial charge on any atom is 0.246 e. The van der Waals surface area contributed by atoms with E-state index in [-0.39, 0.29) is 29.5 Å². The van der Waals surface area contributed by atoms with Gasteiger partial charge in [-0.15, -0.1) is 0 Å². The molecule has 2 bridgehead atoms. The Balaban J connectivity index is 1.41. The first kappa shape index (κ1) is 25.5. The van der Waals surface area contributed by atoms with E-state index < -0.39 is 29.1 Å². The lowest BCUT2D eigenvalue weighted by Crippen LogP contribution is -2.56. The van der Waals surface area contributed by atoms with Crippen LogP contribution in [0.3, 0.4) is 0 Å². The Morgan fingerprint density at radius 3 is 2.41 bits per heavy atom. The molecule has 0 aromatic heterocycles. The minimum Gasteiger partial charge on any atom is -0.356 e. The number of carbonyl (C=O) groups excluding carboxylic acids is 4. The van der Waals surface area contributed by atoms with Gasteiger partial charge in [-0.3, -0.25) is 24.1 Å². The van der Waals surface area contributed by atoms with Crippen molar-refractivity contribution in [1.82, 2.24) is 5.32 Å². The first-order valence-electron chi connectivity index (χ1n) is 13.7. The van der Waals surface area contributed by atoms with Crippen LogP contribution in [-0.4, -0.2) is 46.8 Å². The molecule has 3 fully saturated rings. The molecule has 1 aliphatic carbocycles. The summed E-state index contributed by atoms with van der Waals surface area (Å²) in [5.74, 6) is -2.89. The molecule has 3 amide bonds. The molecule has 3 aliphatic heterocycles. The number of nitrogens with zero attached hydrogens (tertiary/aromatic N) is 1. The van der Waals surface area contributed by atoms with Crippen LogP contribution in [0.2, 0.25) is 0 Å². The van der Waals surface area contributed by atoms with E-state index in [4.69, 9.17) is 4.74 Å². The summed E-state index contributed by atoms with van der Waals surface area (Å²) in [7, 11) is 0. The summed E-state index contributed by atoms with van der Waals surface area (Å²) in [6, 6.07) is 14.8. The van der Waals surface area contributed by atoms with Gasteiger partial charge in [0, 0.05) is 23.0 Å². The summed E-state index contributed by atoms with van der Waals surface area (Å²) < 4.78 is 6.60. The van der Waals surface area contributed by atoms with Crippen LogP contribution >= 0.6 is 0 Å². The van der Waals surface area contributed by atoms with Crippen LogP contribution in [-0.2, 0) is 19.1 Å². The van der Waals surface area contributed by atoms with Crippen molar-refractivity contribution in [2.24, 2.45) is 11.8 Å². The number of para-hydroxylation sites is 1. The van der Waals surface area contributed by atoms with Gasteiger partial charge in [-0.2, -0.15) is 0 Å². The van der Waals surface area contributed by atoms with Gasteiger partial charge in [0.15, 0.2) is 5.78 Å². The van der Waals surface area contributed by atoms with Crippen molar-refractivity contribution in [3.05, 3.63) is 72.3 Å². The summed E-state index contributed by atoms with van der Waals surface area (Å²) in [5.41, 5.74) is -0.860. The Morgan fingerprint density at radius 1 is 0.949 bits per heavy atom. The molecule has 39 heavy (non-hydrogen) atoms. The van der Waals surface area contributed by atoms with Gasteiger partial charge in [-0.1, -0.05) is 61.7 Å². The summed E-state index contributed by atoms with van der Waals surface area (Å²) in [6.07, 6.45) is 8.64. The van der Waals surface area contributed by atoms with Gasteiger partial charge in [0.25, 0.3) is 0 Å². The zero-order chi connectivity index (χ0) is 27.4. The van der Waals surface area contributed by atoms with Gasteiger partial charge in [0.05, 0.1) is 17.4 Å². The number of fused-ring (bicyclic) bond motifs is 1. The molecule has 1 spiro atoms. The summed E-state index contributed by atoms with van der Waals surface area (Å²) in [5, 5.41) is 6.13. The molecule has 6 rings (SSSR count). The number of nitrogens with one attached hydrogen (secondary N) is 2. The van der Waals surface area contributed by atoms with E-state index in [0.29, 0.717) is 16.9 Å². The number of Topliss-reactive ketones (excluding diaryl/α,β-unsaturated/α-hetero) is 1. The van der Waals surface area contributed by atoms with Crippen LogP contribution in [0.15, 0.2) is 66.7 Å². The number of hydrogen-bond donors (Lipinski definition) is 2. The predicted molar refractivity (Wildman–Crippen MR) is 146 cm³/mol. The molecule has 1 saturated carbocycles. The molecule has 0 unspecified atom stereocenters. The van der Waals surface area contributed by atoms with Gasteiger partial charge in [-0.25, -0.2) is 0 Å². The number of amides is 3. The van der Waals surface area contributed by atoms with Gasteiger partial charge < -0.3 is 15.4 Å². The summed E-state index contributed by atoms with van der Waals surface area (Å²) in [6.45, 7) is 3.26. The fourth-order valence-corrected chi connectivity index (χ4v) is 6.96. The third-order valence-corrected chi connectivity index (χ3v) is 8.75. The maximum absolute atomic E-state index is 14.3. The maximum atomic E-state index is 14.3. The topological polar surface area (TPSA) is 105 Å². The Labute approximate surface area is 227 Å². The lowest BCUT2D eigenvalue weighted by Gasteiger charge is -2.34. The highest BCUT2D eigenvalue weighted by atomic mass is 16.5. The molecule has 2 aromatic carbocycles. The quantitative estimate of drug-likeness (QED) is 0.436. The van der Waals surface area contributed by atoms with Crippen LogP contribution in [0.1, 0.15) is 56.3 Å². The summed E-state index contributed by atoms with van der Waals surface area (Å²) >= 11 is 0. The second kappa shape index (κ2) is 9.45. The van der Waals surface area contributed by atoms with E-state index in [1.807, 2.05) is 30.4 Å². The SMILES string of the molecule is CC(=O)c1cccc(N2C(=O)[C@H]3[C@@H](C(=O)Nc4ccccc4)[C@@]4(C)C=C[C@@]3(O4)[C@@H]2C(=O)NC2CCCCC2)c1. The molecular weight excluding hydrogens is 494 g/mol. The Bertz CT molecular complexity index is 1370. The molecular formula is C31H33N3O5. The fraction of sp³-hybridized carbons (Fsp3) is 0.419. The van der Waals surface area contributed by atoms with Gasteiger partial charge in [0.1, 0.15) is 11.6 Å². The second-order valence-electron chi connectivity index (χ2n) is 11.3. The van der Waals surface area contributed by atoms with E-state index in [1.54, 1.807) is 43.3 Å². The lowest BCUT2D eigenvalue weighted by molar-refractivity contribution is -0.131. The third-order valence-electron chi connectivity index (χ3n) is 8.75. The molecule has 2 N–H and O–H groups in total. The van der Waals surface area contributed by atoms with Crippen molar-refractivity contribution in [3.63, 3.8) is 0 Å². The molecule has 8 heteroatoms. The number of hydrogen-bond acceptors (Lipinski definition) is 5. The number of rotatable bonds is 6. The van der Waals surface area contributed by atoms with Crippen LogP contribution in [0.5, 0.6) is 0 Å². The highest BCUT2D eigenvalue weighted by molar-refractivity contribution is 6.12. The number of anilines is 2. The number of ether oxygens (including phenoxy) is 1. The van der Waals surface area contributed by atoms with Crippen molar-refractivity contribution in [2.75, 3.05) is 10.2 Å². The molecule has 5 atom stereocenters. The molecule has 4 aliphatic rings. The van der Waals surface area contributed by atoms with E-state index in [1.165, 1.54) is 11.8 Å². The number of ketones is 1. The normalized spacial score (nSPS) is 31.3. The van der Waals surface area contributed by atoms with E-state index in [2.05, 4.69) is 10.6 Å². The van der Waals surface area contributed by atoms with Crippen molar-refractivity contribution < 1.29 is 23.9 Å². The molecule has 202 valence electrons. The van der Waals surface area contributed by atoms with Crippen molar-refractivity contribution in [2.45, 2.75) is 69.2 Å². The van der Waals surface area contributed by atoms with Crippen LogP contribution in [0.4, 0.5) is 11.4 Å². The van der Waals surface area contributed by atoms with Gasteiger partial charge in [0.2, 0.25) is 17.7 Å². The summed E-state index contributed by atoms with van der Waals surface area (Å²) in [4.78, 5) is 55.8. The monoisotopic (exact) mass is 527 g/mol. The third kappa shape index (κ3) is 4.09. The minimum absolute atomic E-state index is 0.0255. The van der Waals surface area contributed by atoms with E-state index in [9.17, 15) is 19.2 Å². The molecule has 0 radical (unpaired) electrons. The Hall–Kier alpha value is -3.78. The number of benzene rings is 2. The largest absolute Gasteiger partial charge is 0.356 e. The highest BCUT2D eigenvalue weighted by Gasteiger charge is 2.76. The smallest absolute Gasteiger partial charge is 0.246 e. The van der Waals surface area contributed by atoms with Crippen LogP contribution in [0, 0.1) is 11.8 Å². The fourth-order valence-electron chi connectivity index (χ4n) is 6.96. The second-order valence-corrected chi connectivity index (χ2v) is 11.3. The van der Waals surface area contributed by atoms with E-state index >= 15 is 0 Å². The minimum atomic E-state index is -1.31. The Morgan fingerprint density at radius 2 is 1.69 bits per heavy atom. The predicted octanol–water partition coefficient (Wildman–Crippen LogP) is 4.02. The average molecular weight is 528 g/mol. The number of carbonyl (C=O) groups is 4. The van der Waals surface area contributed by atoms with E-state index in [0.717, 1.165) is 32.1 Å². The van der Waals surface area contributed by atoms with Crippen molar-refractivity contribution in [1.29, 1.82) is 0 Å². The molecule has 2 aromatic rings. The molecule has 8 nitrogen and oxygen atoms in total. The first-order chi connectivity index (χ1) is 18.7. The van der Waals surface area contributed by atoms with Crippen molar-refractivity contribution >= 4 is 34.9 Å². The highest BCUT2D eigenvalue weighted by Crippen LogP contribution is 2.60. The van der Waals surface area contributed by atoms with Crippen LogP contribution in [0.25, 0.3) is 0 Å². The Kier molecular flexibility index (Phi) is 6.18. The van der Waals surface area contributed by atoms with Gasteiger partial charge >= 0.3 is 0 Å². The van der Waals surface area contributed by atoms with Gasteiger partial charge in [-0.05, 0) is 51.0 Å². The lowest BCUT2D eigenvalue weighted by atomic mass is 9.70. The molecule has 2 saturated heterocycles.